The maximum absolute atomic E-state index is 11.1. The van der Waals surface area contributed by atoms with E-state index in [-0.39, 0.29) is 22.3 Å². The molecule has 7 heteroatoms. The van der Waals surface area contributed by atoms with E-state index in [0.717, 1.165) is 6.07 Å². The van der Waals surface area contributed by atoms with Crippen LogP contribution in [0, 0.1) is 0 Å². The Kier molecular flexibility index (Phi) is 5.09. The highest BCUT2D eigenvalue weighted by Gasteiger charge is 2.10. The Hall–Kier alpha value is -3.74. The summed E-state index contributed by atoms with van der Waals surface area (Å²) in [6.07, 6.45) is 3.41. The van der Waals surface area contributed by atoms with Crippen LogP contribution in [-0.4, -0.2) is 39.5 Å². The van der Waals surface area contributed by atoms with E-state index >= 15 is 0 Å². The molecular formula is C18H12O7. The zero-order chi connectivity index (χ0) is 18.6. The smallest absolute Gasteiger partial charge is 0.335 e. The fourth-order valence-electron chi connectivity index (χ4n) is 2.15. The fourth-order valence-corrected chi connectivity index (χ4v) is 2.15. The van der Waals surface area contributed by atoms with Crippen molar-refractivity contribution < 1.29 is 34.5 Å². The lowest BCUT2D eigenvalue weighted by Gasteiger charge is -2.03. The first-order valence-corrected chi connectivity index (χ1v) is 6.93. The molecule has 0 aromatic heterocycles. The molecule has 0 amide bonds. The first-order chi connectivity index (χ1) is 11.8. The molecule has 126 valence electrons. The van der Waals surface area contributed by atoms with Gasteiger partial charge in [-0.1, -0.05) is 12.2 Å². The van der Waals surface area contributed by atoms with Crippen LogP contribution < -0.4 is 0 Å². The molecule has 0 unspecified atom stereocenters. The molecule has 0 radical (unpaired) electrons. The summed E-state index contributed by atoms with van der Waals surface area (Å²) in [6, 6.07) is 7.62. The van der Waals surface area contributed by atoms with Crippen LogP contribution in [0.4, 0.5) is 0 Å². The number of rotatable bonds is 6. The third-order valence-electron chi connectivity index (χ3n) is 3.28. The lowest BCUT2D eigenvalue weighted by Crippen LogP contribution is -2.03. The van der Waals surface area contributed by atoms with Gasteiger partial charge in [0.25, 0.3) is 0 Å². The normalized spacial score (nSPS) is 10.6. The Bertz CT molecular complexity index is 877. The minimum Gasteiger partial charge on any atom is -0.478 e. The molecule has 0 spiro atoms. The molecule has 0 fully saturated rings. The van der Waals surface area contributed by atoms with Crippen molar-refractivity contribution in [2.75, 3.05) is 0 Å². The van der Waals surface area contributed by atoms with Crippen LogP contribution in [0.5, 0.6) is 0 Å². The van der Waals surface area contributed by atoms with Gasteiger partial charge in [-0.25, -0.2) is 14.4 Å². The van der Waals surface area contributed by atoms with Gasteiger partial charge in [0, 0.05) is 5.56 Å². The van der Waals surface area contributed by atoms with Gasteiger partial charge in [0.15, 0.2) is 0 Å². The van der Waals surface area contributed by atoms with Gasteiger partial charge in [-0.05, 0) is 47.5 Å². The summed E-state index contributed by atoms with van der Waals surface area (Å²) in [5, 5.41) is 27.1. The van der Waals surface area contributed by atoms with Crippen LogP contribution in [-0.2, 0) is 0 Å². The Morgan fingerprint density at radius 2 is 0.960 bits per heavy atom. The molecule has 7 nitrogen and oxygen atoms in total. The van der Waals surface area contributed by atoms with Crippen molar-refractivity contribution >= 4 is 36.3 Å². The predicted octanol–water partition coefficient (Wildman–Crippen LogP) is 2.76. The highest BCUT2D eigenvalue weighted by atomic mass is 16.4. The number of hydrogen-bond acceptors (Lipinski definition) is 4. The summed E-state index contributed by atoms with van der Waals surface area (Å²) in [6.45, 7) is 0. The van der Waals surface area contributed by atoms with E-state index in [1.54, 1.807) is 0 Å². The number of aromatic carboxylic acids is 3. The molecule has 0 aliphatic rings. The van der Waals surface area contributed by atoms with Crippen LogP contribution in [0.15, 0.2) is 36.4 Å². The molecule has 0 aliphatic carbocycles. The summed E-state index contributed by atoms with van der Waals surface area (Å²) in [7, 11) is 0. The highest BCUT2D eigenvalue weighted by Crippen LogP contribution is 2.16. The van der Waals surface area contributed by atoms with Gasteiger partial charge in [-0.2, -0.15) is 0 Å². The van der Waals surface area contributed by atoms with E-state index in [1.165, 1.54) is 42.5 Å². The highest BCUT2D eigenvalue weighted by molar-refractivity contribution is 5.95. The predicted molar refractivity (Wildman–Crippen MR) is 88.1 cm³/mol. The van der Waals surface area contributed by atoms with E-state index in [1.807, 2.05) is 0 Å². The Morgan fingerprint density at radius 3 is 1.36 bits per heavy atom. The van der Waals surface area contributed by atoms with Crippen LogP contribution in [0.2, 0.25) is 0 Å². The molecule has 0 heterocycles. The largest absolute Gasteiger partial charge is 0.478 e. The first-order valence-electron chi connectivity index (χ1n) is 6.93. The van der Waals surface area contributed by atoms with Gasteiger partial charge in [0.05, 0.1) is 16.7 Å². The maximum Gasteiger partial charge on any atom is 0.335 e. The summed E-state index contributed by atoms with van der Waals surface area (Å²) in [4.78, 5) is 44.1. The number of aldehydes is 1. The fraction of sp³-hybridized carbons (Fsp3) is 0. The molecule has 0 atom stereocenters. The zero-order valence-electron chi connectivity index (χ0n) is 12.7. The van der Waals surface area contributed by atoms with Crippen molar-refractivity contribution in [3.63, 3.8) is 0 Å². The Labute approximate surface area is 141 Å². The second-order valence-electron chi connectivity index (χ2n) is 5.10. The van der Waals surface area contributed by atoms with Crippen LogP contribution >= 0.6 is 0 Å². The molecule has 0 saturated heterocycles. The molecule has 0 bridgehead atoms. The van der Waals surface area contributed by atoms with Crippen LogP contribution in [0.3, 0.4) is 0 Å². The minimum absolute atomic E-state index is 0.0743. The summed E-state index contributed by atoms with van der Waals surface area (Å²) < 4.78 is 0. The number of carboxylic acids is 3. The van der Waals surface area contributed by atoms with Gasteiger partial charge >= 0.3 is 17.9 Å². The van der Waals surface area contributed by atoms with Crippen molar-refractivity contribution in [1.29, 1.82) is 0 Å². The number of hydrogen-bond donors (Lipinski definition) is 3. The minimum atomic E-state index is -1.27. The number of carbonyl (C=O) groups is 4. The molecule has 0 saturated carbocycles. The second-order valence-corrected chi connectivity index (χ2v) is 5.10. The van der Waals surface area contributed by atoms with E-state index in [0.29, 0.717) is 17.4 Å². The van der Waals surface area contributed by atoms with E-state index in [2.05, 4.69) is 0 Å². The topological polar surface area (TPSA) is 129 Å². The van der Waals surface area contributed by atoms with E-state index in [9.17, 15) is 19.2 Å². The van der Waals surface area contributed by atoms with Gasteiger partial charge in [0.1, 0.15) is 6.29 Å². The summed E-state index contributed by atoms with van der Waals surface area (Å²) in [5.74, 6) is -3.73. The lowest BCUT2D eigenvalue weighted by atomic mass is 10.0. The first kappa shape index (κ1) is 17.6. The average Bonchev–Trinajstić information content (AvgIpc) is 2.59. The molecular weight excluding hydrogens is 328 g/mol. The van der Waals surface area contributed by atoms with Gasteiger partial charge < -0.3 is 15.3 Å². The van der Waals surface area contributed by atoms with E-state index < -0.39 is 17.9 Å². The number of benzene rings is 2. The second kappa shape index (κ2) is 7.22. The average molecular weight is 340 g/mol. The molecule has 2 aromatic carbocycles. The quantitative estimate of drug-likeness (QED) is 0.544. The van der Waals surface area contributed by atoms with Crippen LogP contribution in [0.1, 0.15) is 52.6 Å². The Balaban J connectivity index is 2.46. The van der Waals surface area contributed by atoms with Crippen molar-refractivity contribution in [1.82, 2.24) is 0 Å². The molecule has 0 aliphatic heterocycles. The standard InChI is InChI=1S/C18H12O7/c19-9-12-3-10(4-13(7-12)16(20)21)1-2-11-5-14(17(22)23)8-15(6-11)18(24)25/h1-9H,(H,20,21)(H,22,23)(H,24,25)/b2-1+. The van der Waals surface area contributed by atoms with Crippen molar-refractivity contribution in [2.24, 2.45) is 0 Å². The lowest BCUT2D eigenvalue weighted by molar-refractivity contribution is 0.0682. The molecule has 3 N–H and O–H groups in total. The molecule has 2 aromatic rings. The maximum atomic E-state index is 11.1. The summed E-state index contributed by atoms with van der Waals surface area (Å²) in [5.41, 5.74) is 0.435. The van der Waals surface area contributed by atoms with E-state index in [4.69, 9.17) is 15.3 Å². The molecule has 25 heavy (non-hydrogen) atoms. The van der Waals surface area contributed by atoms with Crippen molar-refractivity contribution in [3.8, 4) is 0 Å². The van der Waals surface area contributed by atoms with Gasteiger partial charge in [0.2, 0.25) is 0 Å². The SMILES string of the molecule is O=Cc1cc(/C=C/c2cc(C(=O)O)cc(C(=O)O)c2)cc(C(=O)O)c1. The van der Waals surface area contributed by atoms with Crippen molar-refractivity contribution in [2.45, 2.75) is 0 Å². The third kappa shape index (κ3) is 4.38. The third-order valence-corrected chi connectivity index (χ3v) is 3.28. The van der Waals surface area contributed by atoms with Gasteiger partial charge in [-0.15, -0.1) is 0 Å². The summed E-state index contributed by atoms with van der Waals surface area (Å²) >= 11 is 0. The number of carboxylic acid groups (broad SMARTS) is 3. The number of carbonyl (C=O) groups excluding carboxylic acids is 1. The molecule has 2 rings (SSSR count). The zero-order valence-corrected chi connectivity index (χ0v) is 12.7. The van der Waals surface area contributed by atoms with Gasteiger partial charge in [-0.3, -0.25) is 4.79 Å². The Morgan fingerprint density at radius 1 is 0.600 bits per heavy atom. The van der Waals surface area contributed by atoms with Crippen molar-refractivity contribution in [3.05, 3.63) is 69.8 Å². The van der Waals surface area contributed by atoms with Crippen LogP contribution in [0.25, 0.3) is 12.2 Å². The monoisotopic (exact) mass is 340 g/mol.